The number of carbonyl (C=O) groups is 3. The van der Waals surface area contributed by atoms with Gasteiger partial charge in [0, 0.05) is 6.42 Å². The van der Waals surface area contributed by atoms with Crippen molar-refractivity contribution in [2.75, 3.05) is 0 Å². The number of carbonyl (C=O) groups excluding carboxylic acids is 3. The highest BCUT2D eigenvalue weighted by atomic mass is 16.6. The fourth-order valence-corrected chi connectivity index (χ4v) is 2.50. The van der Waals surface area contributed by atoms with Gasteiger partial charge in [0.1, 0.15) is 6.10 Å². The van der Waals surface area contributed by atoms with Crippen LogP contribution in [-0.2, 0) is 14.3 Å². The second-order valence-electron chi connectivity index (χ2n) is 5.54. The van der Waals surface area contributed by atoms with Gasteiger partial charge in [-0.3, -0.25) is 4.79 Å². The summed E-state index contributed by atoms with van der Waals surface area (Å²) in [4.78, 5) is 36.6. The van der Waals surface area contributed by atoms with Gasteiger partial charge < -0.3 is 9.47 Å². The van der Waals surface area contributed by atoms with Crippen LogP contribution in [0.5, 0.6) is 0 Å². The molecule has 0 radical (unpaired) electrons. The Morgan fingerprint density at radius 3 is 1.88 bits per heavy atom. The van der Waals surface area contributed by atoms with Crippen molar-refractivity contribution in [3.63, 3.8) is 0 Å². The first-order valence-electron chi connectivity index (χ1n) is 7.87. The zero-order chi connectivity index (χ0) is 17.6. The van der Waals surface area contributed by atoms with E-state index in [2.05, 4.69) is 0 Å². The maximum absolute atomic E-state index is 12.2. The lowest BCUT2D eigenvalue weighted by Crippen LogP contribution is -2.42. The minimum Gasteiger partial charge on any atom is -0.454 e. The van der Waals surface area contributed by atoms with Crippen molar-refractivity contribution in [3.8, 4) is 0 Å². The average molecular weight is 336 g/mol. The summed E-state index contributed by atoms with van der Waals surface area (Å²) in [7, 11) is 0. The minimum absolute atomic E-state index is 0.303. The minimum atomic E-state index is -1.15. The second-order valence-corrected chi connectivity index (χ2v) is 5.54. The van der Waals surface area contributed by atoms with E-state index >= 15 is 0 Å². The molecule has 0 aromatic heterocycles. The Balaban J connectivity index is 1.73. The zero-order valence-electron chi connectivity index (χ0n) is 13.3. The second kappa shape index (κ2) is 7.57. The highest BCUT2D eigenvalue weighted by Crippen LogP contribution is 2.19. The van der Waals surface area contributed by atoms with E-state index in [0.717, 1.165) is 0 Å². The third kappa shape index (κ3) is 4.01. The van der Waals surface area contributed by atoms with E-state index in [9.17, 15) is 14.4 Å². The van der Waals surface area contributed by atoms with Crippen LogP contribution in [0.4, 0.5) is 0 Å². The van der Waals surface area contributed by atoms with Crippen LogP contribution >= 0.6 is 0 Å². The van der Waals surface area contributed by atoms with Crippen LogP contribution in [-0.4, -0.2) is 29.9 Å². The summed E-state index contributed by atoms with van der Waals surface area (Å²) in [5.74, 6) is -1.59. The molecule has 0 saturated heterocycles. The van der Waals surface area contributed by atoms with E-state index in [1.54, 1.807) is 66.7 Å². The molecule has 0 saturated carbocycles. The standard InChI is InChI=1S/C20H16O5/c21-16-12-7-13-17(24-19(22)14-8-3-1-4-9-14)18(16)25-20(23)15-10-5-2-6-11-15/h1-12,17-18H,13H2/t17-,18-/m1/s1. The average Bonchev–Trinajstić information content (AvgIpc) is 2.66. The quantitative estimate of drug-likeness (QED) is 0.803. The van der Waals surface area contributed by atoms with Gasteiger partial charge in [-0.05, 0) is 30.3 Å². The fraction of sp³-hybridized carbons (Fsp3) is 0.150. The van der Waals surface area contributed by atoms with Gasteiger partial charge in [-0.2, -0.15) is 0 Å². The molecule has 0 amide bonds. The smallest absolute Gasteiger partial charge is 0.338 e. The Hall–Kier alpha value is -3.21. The van der Waals surface area contributed by atoms with Crippen molar-refractivity contribution in [1.82, 2.24) is 0 Å². The third-order valence-corrected chi connectivity index (χ3v) is 3.78. The van der Waals surface area contributed by atoms with E-state index in [-0.39, 0.29) is 0 Å². The largest absolute Gasteiger partial charge is 0.454 e. The molecule has 126 valence electrons. The van der Waals surface area contributed by atoms with Crippen molar-refractivity contribution in [2.45, 2.75) is 18.6 Å². The van der Waals surface area contributed by atoms with Gasteiger partial charge in [0.05, 0.1) is 11.1 Å². The Bertz CT molecular complexity index is 795. The van der Waals surface area contributed by atoms with Crippen molar-refractivity contribution >= 4 is 17.7 Å². The topological polar surface area (TPSA) is 69.7 Å². The van der Waals surface area contributed by atoms with E-state index in [4.69, 9.17) is 9.47 Å². The molecule has 0 bridgehead atoms. The Labute approximate surface area is 144 Å². The summed E-state index contributed by atoms with van der Waals surface area (Å²) < 4.78 is 10.7. The molecule has 2 aromatic carbocycles. The summed E-state index contributed by atoms with van der Waals surface area (Å²) in [6.07, 6.45) is 1.26. The SMILES string of the molecule is O=C(O[C@@H]1C(=O)C=CC[C@H]1OC(=O)c1ccccc1)c1ccccc1. The molecular weight excluding hydrogens is 320 g/mol. The summed E-state index contributed by atoms with van der Waals surface area (Å²) in [5, 5.41) is 0. The van der Waals surface area contributed by atoms with E-state index in [0.29, 0.717) is 17.5 Å². The van der Waals surface area contributed by atoms with Crippen molar-refractivity contribution in [1.29, 1.82) is 0 Å². The van der Waals surface area contributed by atoms with Gasteiger partial charge in [0.15, 0.2) is 5.78 Å². The summed E-state index contributed by atoms with van der Waals surface area (Å²) in [5.41, 5.74) is 0.704. The number of benzene rings is 2. The van der Waals surface area contributed by atoms with Crippen LogP contribution in [0.3, 0.4) is 0 Å². The van der Waals surface area contributed by atoms with E-state index in [1.165, 1.54) is 6.08 Å². The first kappa shape index (κ1) is 16.6. The van der Waals surface area contributed by atoms with E-state index in [1.807, 2.05) is 0 Å². The Morgan fingerprint density at radius 2 is 1.32 bits per heavy atom. The lowest BCUT2D eigenvalue weighted by atomic mass is 9.99. The van der Waals surface area contributed by atoms with E-state index < -0.39 is 29.9 Å². The number of rotatable bonds is 4. The molecule has 0 fully saturated rings. The molecule has 1 aliphatic carbocycles. The summed E-state index contributed by atoms with van der Waals surface area (Å²) in [6.45, 7) is 0. The predicted octanol–water partition coefficient (Wildman–Crippen LogP) is 2.97. The molecule has 0 heterocycles. The zero-order valence-corrected chi connectivity index (χ0v) is 13.3. The summed E-state index contributed by atoms with van der Waals surface area (Å²) in [6, 6.07) is 16.8. The predicted molar refractivity (Wildman–Crippen MR) is 90.1 cm³/mol. The van der Waals surface area contributed by atoms with Gasteiger partial charge in [-0.25, -0.2) is 9.59 Å². The first-order chi connectivity index (χ1) is 12.1. The van der Waals surface area contributed by atoms with Gasteiger partial charge in [0.2, 0.25) is 6.10 Å². The maximum Gasteiger partial charge on any atom is 0.338 e. The number of ether oxygens (including phenoxy) is 2. The Morgan fingerprint density at radius 1 is 0.800 bits per heavy atom. The van der Waals surface area contributed by atoms with Gasteiger partial charge in [-0.1, -0.05) is 42.5 Å². The molecule has 0 N–H and O–H groups in total. The third-order valence-electron chi connectivity index (χ3n) is 3.78. The lowest BCUT2D eigenvalue weighted by molar-refractivity contribution is -0.130. The molecule has 0 aliphatic heterocycles. The van der Waals surface area contributed by atoms with Crippen LogP contribution in [0.15, 0.2) is 72.8 Å². The number of ketones is 1. The highest BCUT2D eigenvalue weighted by Gasteiger charge is 2.35. The molecule has 25 heavy (non-hydrogen) atoms. The monoisotopic (exact) mass is 336 g/mol. The van der Waals surface area contributed by atoms with Crippen LogP contribution in [0.2, 0.25) is 0 Å². The number of hydrogen-bond acceptors (Lipinski definition) is 5. The van der Waals surface area contributed by atoms with Gasteiger partial charge >= 0.3 is 11.9 Å². The maximum atomic E-state index is 12.2. The van der Waals surface area contributed by atoms with Crippen molar-refractivity contribution in [3.05, 3.63) is 83.9 Å². The first-order valence-corrected chi connectivity index (χ1v) is 7.87. The number of esters is 2. The molecule has 0 unspecified atom stereocenters. The van der Waals surface area contributed by atoms with Crippen LogP contribution < -0.4 is 0 Å². The van der Waals surface area contributed by atoms with Crippen molar-refractivity contribution < 1.29 is 23.9 Å². The van der Waals surface area contributed by atoms with Crippen LogP contribution in [0.25, 0.3) is 0 Å². The highest BCUT2D eigenvalue weighted by molar-refractivity contribution is 5.99. The molecule has 1 aliphatic rings. The molecule has 2 atom stereocenters. The lowest BCUT2D eigenvalue weighted by Gasteiger charge is -2.26. The Kier molecular flexibility index (Phi) is 5.04. The van der Waals surface area contributed by atoms with Crippen LogP contribution in [0, 0.1) is 0 Å². The van der Waals surface area contributed by atoms with Gasteiger partial charge in [-0.15, -0.1) is 0 Å². The van der Waals surface area contributed by atoms with Crippen molar-refractivity contribution in [2.24, 2.45) is 0 Å². The molecular formula is C20H16O5. The molecule has 2 aromatic rings. The number of hydrogen-bond donors (Lipinski definition) is 0. The van der Waals surface area contributed by atoms with Crippen LogP contribution in [0.1, 0.15) is 27.1 Å². The molecule has 5 heteroatoms. The normalized spacial score (nSPS) is 19.3. The molecule has 0 spiro atoms. The fourth-order valence-electron chi connectivity index (χ4n) is 2.50. The summed E-state index contributed by atoms with van der Waals surface area (Å²) >= 11 is 0. The van der Waals surface area contributed by atoms with Gasteiger partial charge in [0.25, 0.3) is 0 Å². The molecule has 3 rings (SSSR count). The molecule has 5 nitrogen and oxygen atoms in total.